The third-order valence-corrected chi connectivity index (χ3v) is 16.6. The topological polar surface area (TPSA) is 504 Å². The molecule has 0 spiro atoms. The molecular weight excluding hydrogens is 1390 g/mol. The van der Waals surface area contributed by atoms with Crippen molar-refractivity contribution in [3.05, 3.63) is 173 Å². The maximum Gasteiger partial charge on any atom is 0.299 e. The van der Waals surface area contributed by atoms with E-state index in [1.165, 1.54) is 41.8 Å². The van der Waals surface area contributed by atoms with Crippen LogP contribution in [0, 0.1) is 41.5 Å². The number of aromatic amines is 1. The second kappa shape index (κ2) is 29.3. The molecule has 35 nitrogen and oxygen atoms in total. The fourth-order valence-electron chi connectivity index (χ4n) is 8.96. The summed E-state index contributed by atoms with van der Waals surface area (Å²) >= 11 is 18.2. The highest BCUT2D eigenvalue weighted by atomic mass is 35.5. The Morgan fingerprint density at radius 1 is 0.536 bits per heavy atom. The lowest BCUT2D eigenvalue weighted by Gasteiger charge is -2.14. The van der Waals surface area contributed by atoms with Crippen LogP contribution >= 0.6 is 34.8 Å². The molecule has 0 saturated heterocycles. The van der Waals surface area contributed by atoms with Gasteiger partial charge in [0.15, 0.2) is 17.3 Å². The molecule has 0 bridgehead atoms. The molecule has 10 rings (SSSR count). The van der Waals surface area contributed by atoms with Crippen LogP contribution in [0.4, 0.5) is 80.9 Å². The summed E-state index contributed by atoms with van der Waals surface area (Å²) in [6, 6.07) is 23.0. The fourth-order valence-corrected chi connectivity index (χ4v) is 11.2. The van der Waals surface area contributed by atoms with Gasteiger partial charge in [0.2, 0.25) is 45.6 Å². The van der Waals surface area contributed by atoms with Crippen molar-refractivity contribution in [3.8, 4) is 11.6 Å². The SMILES string of the molecule is CCn1c(O)c(CON)c(C)c(N=Nc2ccc(Nc3nc(Cl)nc(Nc4ccc(Nc5nc(C)nc(Cl)n5)cc4C)n3)cc2C)c1=O.Cc1cc(-n2[nH]c(C)c(N=Nc3ccc(Nc4nc(Cl)nc(Nc5ccc(S(=O)(=O)O)cc5)n4)cc3S(=O)(=O)O)c2=O)cc(S(=O)(=O)O)c1. The standard InChI is InChI=1S/C30H31Cl2N13O3.C26H22ClN9O10S3/c1-6-45-24(46)20(13-48-33)16(4)23(25(45)47)44-43-22-10-8-19(12-15(22)3)37-29-40-27(32)41-30(42-29)38-21-9-7-18(11-14(21)2)36-28-35-17(5)34-26(31)39-28;1-13-9-17(12-19(10-13)48(41,42)43)36-23(37)22(14(2)35-36)34-33-20-8-5-16(11-21(20)49(44,45)46)29-26-31-24(27)30-25(32-26)28-15-3-6-18(7-4-15)47(38,39)40/h7-12,46H,6,13,33H2,1-5H3,(H,34,35,36,39)(H2,37,38,40,41,42);3-12,35H,1-2H3,(H,38,39,40)(H,41,42,43)(H,44,45,46)(H2,28,29,30,31,32). The highest BCUT2D eigenvalue weighted by Gasteiger charge is 2.23. The van der Waals surface area contributed by atoms with Crippen molar-refractivity contribution in [1.29, 1.82) is 0 Å². The minimum absolute atomic E-state index is 0.0171. The first-order valence-electron chi connectivity index (χ1n) is 27.7. The Morgan fingerprint density at radius 2 is 1.03 bits per heavy atom. The van der Waals surface area contributed by atoms with Crippen LogP contribution in [-0.2, 0) is 48.3 Å². The van der Waals surface area contributed by atoms with E-state index in [1.807, 2.05) is 38.1 Å². The van der Waals surface area contributed by atoms with Gasteiger partial charge in [-0.25, -0.2) is 15.6 Å². The summed E-state index contributed by atoms with van der Waals surface area (Å²) in [7, 11) is -13.9. The predicted molar refractivity (Wildman–Crippen MR) is 356 cm³/mol. The molecule has 5 aromatic heterocycles. The number of benzene rings is 5. The molecule has 12 N–H and O–H groups in total. The fraction of sp³-hybridized carbons (Fsp3) is 0.161. The van der Waals surface area contributed by atoms with Gasteiger partial charge in [0.1, 0.15) is 16.4 Å². The number of aromatic hydroxyl groups is 1. The number of halogens is 3. The summed E-state index contributed by atoms with van der Waals surface area (Å²) in [6.45, 7) is 12.0. The van der Waals surface area contributed by atoms with E-state index in [9.17, 15) is 49.1 Å². The van der Waals surface area contributed by atoms with Crippen LogP contribution < -0.4 is 43.6 Å². The third kappa shape index (κ3) is 17.8. The summed E-state index contributed by atoms with van der Waals surface area (Å²) < 4.78 is 101. The van der Waals surface area contributed by atoms with Crippen LogP contribution in [0.5, 0.6) is 5.88 Å². The van der Waals surface area contributed by atoms with Crippen molar-refractivity contribution in [3.63, 3.8) is 0 Å². The molecule has 504 valence electrons. The average molecular weight is 1440 g/mol. The number of nitrogens with one attached hydrogen (secondary N) is 6. The van der Waals surface area contributed by atoms with Crippen molar-refractivity contribution in [2.45, 2.75) is 76.3 Å². The lowest BCUT2D eigenvalue weighted by atomic mass is 10.1. The van der Waals surface area contributed by atoms with E-state index in [2.05, 4.69) is 97.0 Å². The molecule has 97 heavy (non-hydrogen) atoms. The Labute approximate surface area is 564 Å². The van der Waals surface area contributed by atoms with Gasteiger partial charge in [-0.1, -0.05) is 0 Å². The Bertz CT molecular complexity index is 5260. The molecule has 0 saturated carbocycles. The van der Waals surface area contributed by atoms with Gasteiger partial charge in [-0.15, -0.1) is 15.3 Å². The number of aryl methyl sites for hydroxylation is 5. The Balaban J connectivity index is 0.000000227. The number of azo groups is 2. The molecule has 5 heterocycles. The first kappa shape index (κ1) is 70.9. The molecule has 0 aliphatic heterocycles. The third-order valence-electron chi connectivity index (χ3n) is 13.5. The van der Waals surface area contributed by atoms with Gasteiger partial charge in [0, 0.05) is 40.5 Å². The van der Waals surface area contributed by atoms with Gasteiger partial charge >= 0.3 is 0 Å². The van der Waals surface area contributed by atoms with Gasteiger partial charge in [0.05, 0.1) is 33.5 Å². The highest BCUT2D eigenvalue weighted by Crippen LogP contribution is 2.34. The van der Waals surface area contributed by atoms with E-state index in [4.69, 9.17) is 50.1 Å². The number of hydrogen-bond donors (Lipinski definition) is 11. The van der Waals surface area contributed by atoms with Gasteiger partial charge in [-0.05, 0) is 203 Å². The zero-order chi connectivity index (χ0) is 70.4. The lowest BCUT2D eigenvalue weighted by Crippen LogP contribution is -2.22. The minimum Gasteiger partial charge on any atom is -0.494 e. The second-order valence-electron chi connectivity index (χ2n) is 20.5. The summed E-state index contributed by atoms with van der Waals surface area (Å²) in [5.41, 5.74) is 4.22. The molecule has 0 aliphatic carbocycles. The van der Waals surface area contributed by atoms with E-state index in [0.29, 0.717) is 45.5 Å². The molecular formula is C56H53Cl3N22O13S3. The van der Waals surface area contributed by atoms with Crippen LogP contribution in [0.15, 0.2) is 142 Å². The van der Waals surface area contributed by atoms with Crippen molar-refractivity contribution < 1.29 is 48.9 Å². The number of hydrogen-bond acceptors (Lipinski definition) is 29. The first-order chi connectivity index (χ1) is 45.7. The maximum absolute atomic E-state index is 13.2. The number of aromatic nitrogens is 12. The maximum atomic E-state index is 13.2. The number of rotatable bonds is 21. The molecule has 0 aliphatic rings. The molecule has 5 aromatic carbocycles. The van der Waals surface area contributed by atoms with Crippen molar-refractivity contribution >= 4 is 146 Å². The molecule has 41 heteroatoms. The smallest absolute Gasteiger partial charge is 0.299 e. The Kier molecular flexibility index (Phi) is 21.4. The zero-order valence-electron chi connectivity index (χ0n) is 51.3. The van der Waals surface area contributed by atoms with E-state index in [0.717, 1.165) is 57.5 Å². The molecule has 0 fully saturated rings. The van der Waals surface area contributed by atoms with E-state index in [1.54, 1.807) is 39.8 Å². The minimum atomic E-state index is -4.92. The normalized spacial score (nSPS) is 11.8. The quantitative estimate of drug-likeness (QED) is 0.0181. The summed E-state index contributed by atoms with van der Waals surface area (Å²) in [5.74, 6) is 6.00. The van der Waals surface area contributed by atoms with E-state index >= 15 is 0 Å². The van der Waals surface area contributed by atoms with Crippen LogP contribution in [0.3, 0.4) is 0 Å². The zero-order valence-corrected chi connectivity index (χ0v) is 56.0. The number of pyridine rings is 1. The average Bonchev–Trinajstić information content (AvgIpc) is 1.77. The summed E-state index contributed by atoms with van der Waals surface area (Å²) in [6.07, 6.45) is 0. The first-order valence-corrected chi connectivity index (χ1v) is 33.2. The number of nitrogens with two attached hydrogens (primary N) is 1. The van der Waals surface area contributed by atoms with Gasteiger partial charge in [-0.2, -0.15) is 70.2 Å². The largest absolute Gasteiger partial charge is 0.494 e. The number of H-pyrrole nitrogens is 1. The second-order valence-corrected chi connectivity index (χ2v) is 25.8. The van der Waals surface area contributed by atoms with Crippen LogP contribution in [0.25, 0.3) is 5.69 Å². The van der Waals surface area contributed by atoms with E-state index < -0.39 is 51.3 Å². The van der Waals surface area contributed by atoms with Gasteiger partial charge in [0.25, 0.3) is 41.5 Å². The molecule has 0 atom stereocenters. The van der Waals surface area contributed by atoms with Crippen molar-refractivity contribution in [2.75, 3.05) is 26.6 Å². The lowest BCUT2D eigenvalue weighted by molar-refractivity contribution is 0.120. The Morgan fingerprint density at radius 3 is 1.57 bits per heavy atom. The van der Waals surface area contributed by atoms with Crippen LogP contribution in [0.2, 0.25) is 15.9 Å². The predicted octanol–water partition coefficient (Wildman–Crippen LogP) is 10.8. The summed E-state index contributed by atoms with van der Waals surface area (Å²) in [4.78, 5) is 66.5. The molecule has 10 aromatic rings. The van der Waals surface area contributed by atoms with E-state index in [-0.39, 0.29) is 97.7 Å². The highest BCUT2D eigenvalue weighted by molar-refractivity contribution is 7.86. The Hall–Kier alpha value is -10.4. The number of anilines is 10. The van der Waals surface area contributed by atoms with Gasteiger partial charge in [-0.3, -0.25) is 37.8 Å². The molecule has 0 amide bonds. The summed E-state index contributed by atoms with van der Waals surface area (Å²) in [5, 5.41) is 44.2. The van der Waals surface area contributed by atoms with Gasteiger partial charge < -0.3 is 31.7 Å². The van der Waals surface area contributed by atoms with Crippen LogP contribution in [-0.4, -0.2) is 103 Å². The number of nitrogens with zero attached hydrogens (tertiary/aromatic N) is 15. The van der Waals surface area contributed by atoms with Crippen molar-refractivity contribution in [1.82, 2.24) is 59.2 Å². The molecule has 0 unspecified atom stereocenters. The molecule has 0 radical (unpaired) electrons. The van der Waals surface area contributed by atoms with Crippen LogP contribution in [0.1, 0.15) is 46.3 Å². The monoisotopic (exact) mass is 1440 g/mol. The van der Waals surface area contributed by atoms with Crippen molar-refractivity contribution in [2.24, 2.45) is 26.4 Å².